The summed E-state index contributed by atoms with van der Waals surface area (Å²) in [6, 6.07) is 7.90. The van der Waals surface area contributed by atoms with E-state index in [1.807, 2.05) is 0 Å². The van der Waals surface area contributed by atoms with Crippen LogP contribution < -0.4 is 10.0 Å². The number of nitrogens with zero attached hydrogens (tertiary/aromatic N) is 1. The fourth-order valence-electron chi connectivity index (χ4n) is 2.33. The van der Waals surface area contributed by atoms with E-state index in [-0.39, 0.29) is 42.6 Å². The second kappa shape index (κ2) is 8.06. The van der Waals surface area contributed by atoms with Gasteiger partial charge in [0, 0.05) is 32.6 Å². The molecule has 1 heterocycles. The molecule has 10 heteroatoms. The highest BCUT2D eigenvalue weighted by Gasteiger charge is 2.27. The van der Waals surface area contributed by atoms with Crippen molar-refractivity contribution in [2.45, 2.75) is 17.7 Å². The number of carbonyl (C=O) groups excluding carboxylic acids is 1. The van der Waals surface area contributed by atoms with Crippen molar-refractivity contribution in [2.75, 3.05) is 31.9 Å². The van der Waals surface area contributed by atoms with E-state index in [0.29, 0.717) is 13.0 Å². The summed E-state index contributed by atoms with van der Waals surface area (Å²) in [5.74, 6) is -0.176. The molecule has 2 rings (SSSR count). The Morgan fingerprint density at radius 3 is 2.50 bits per heavy atom. The summed E-state index contributed by atoms with van der Waals surface area (Å²) in [6.45, 7) is 0.910. The minimum absolute atomic E-state index is 0.0151. The Morgan fingerprint density at radius 1 is 1.17 bits per heavy atom. The number of hydrogen-bond donors (Lipinski definition) is 2. The fraction of sp³-hybridized carbons (Fsp3) is 0.500. The van der Waals surface area contributed by atoms with Crippen molar-refractivity contribution in [2.24, 2.45) is 0 Å². The van der Waals surface area contributed by atoms with Gasteiger partial charge in [0.25, 0.3) is 0 Å². The second-order valence-electron chi connectivity index (χ2n) is 5.38. The zero-order valence-corrected chi connectivity index (χ0v) is 14.8. The first kappa shape index (κ1) is 18.8. The third-order valence-electron chi connectivity index (χ3n) is 3.58. The number of sulfonamides is 2. The lowest BCUT2D eigenvalue weighted by molar-refractivity contribution is -0.120. The molecule has 0 unspecified atom stereocenters. The van der Waals surface area contributed by atoms with Gasteiger partial charge in [-0.05, 0) is 18.6 Å². The van der Waals surface area contributed by atoms with Crippen LogP contribution in [0.3, 0.4) is 0 Å². The molecule has 1 aliphatic heterocycles. The fourth-order valence-corrected chi connectivity index (χ4v) is 4.91. The Bertz CT molecular complexity index is 763. The lowest BCUT2D eigenvalue weighted by Gasteiger charge is -2.14. The van der Waals surface area contributed by atoms with Gasteiger partial charge >= 0.3 is 0 Å². The molecule has 134 valence electrons. The molecule has 2 N–H and O–H groups in total. The standard InChI is InChI=1S/C14H21N3O5S2/c18-14(15-9-11-17-10-4-12-23(17,19)20)7-8-16-24(21,22)13-5-2-1-3-6-13/h1-3,5-6,16H,4,7-12H2,(H,15,18). The molecule has 0 aromatic heterocycles. The molecule has 8 nitrogen and oxygen atoms in total. The van der Waals surface area contributed by atoms with Crippen LogP contribution in [0, 0.1) is 0 Å². The van der Waals surface area contributed by atoms with Gasteiger partial charge < -0.3 is 5.32 Å². The zero-order valence-electron chi connectivity index (χ0n) is 13.1. The first-order chi connectivity index (χ1) is 11.3. The van der Waals surface area contributed by atoms with E-state index in [1.165, 1.54) is 16.4 Å². The van der Waals surface area contributed by atoms with Gasteiger partial charge in [-0.1, -0.05) is 18.2 Å². The molecule has 1 fully saturated rings. The molecule has 1 aliphatic rings. The summed E-state index contributed by atoms with van der Waals surface area (Å²) in [4.78, 5) is 11.8. The summed E-state index contributed by atoms with van der Waals surface area (Å²) in [7, 11) is -6.78. The third kappa shape index (κ3) is 5.26. The van der Waals surface area contributed by atoms with Crippen LogP contribution in [0.25, 0.3) is 0 Å². The molecule has 0 atom stereocenters. The maximum atomic E-state index is 12.0. The minimum atomic E-state index is -3.62. The molecule has 1 aromatic carbocycles. The quantitative estimate of drug-likeness (QED) is 0.636. The van der Waals surface area contributed by atoms with Crippen molar-refractivity contribution in [3.8, 4) is 0 Å². The zero-order chi connectivity index (χ0) is 17.6. The summed E-state index contributed by atoms with van der Waals surface area (Å²) in [5.41, 5.74) is 0. The lowest BCUT2D eigenvalue weighted by Crippen LogP contribution is -2.37. The van der Waals surface area contributed by atoms with E-state index in [2.05, 4.69) is 10.0 Å². The number of benzene rings is 1. The molecule has 0 saturated carbocycles. The molecule has 1 saturated heterocycles. The Morgan fingerprint density at radius 2 is 1.88 bits per heavy atom. The maximum absolute atomic E-state index is 12.0. The van der Waals surface area contributed by atoms with Crippen molar-refractivity contribution in [3.05, 3.63) is 30.3 Å². The van der Waals surface area contributed by atoms with Gasteiger partial charge in [-0.15, -0.1) is 0 Å². The van der Waals surface area contributed by atoms with E-state index < -0.39 is 20.0 Å². The van der Waals surface area contributed by atoms with Crippen molar-refractivity contribution in [1.29, 1.82) is 0 Å². The number of amides is 1. The van der Waals surface area contributed by atoms with Crippen molar-refractivity contribution in [1.82, 2.24) is 14.3 Å². The monoisotopic (exact) mass is 375 g/mol. The topological polar surface area (TPSA) is 113 Å². The molecule has 0 radical (unpaired) electrons. The van der Waals surface area contributed by atoms with E-state index in [4.69, 9.17) is 0 Å². The van der Waals surface area contributed by atoms with Crippen LogP contribution in [-0.2, 0) is 24.8 Å². The van der Waals surface area contributed by atoms with Crippen molar-refractivity contribution < 1.29 is 21.6 Å². The molecule has 0 aliphatic carbocycles. The predicted molar refractivity (Wildman–Crippen MR) is 89.2 cm³/mol. The first-order valence-corrected chi connectivity index (χ1v) is 10.7. The van der Waals surface area contributed by atoms with Gasteiger partial charge in [-0.3, -0.25) is 4.79 Å². The highest BCUT2D eigenvalue weighted by molar-refractivity contribution is 7.89. The maximum Gasteiger partial charge on any atom is 0.240 e. The Labute approximate surface area is 142 Å². The Balaban J connectivity index is 1.68. The summed E-state index contributed by atoms with van der Waals surface area (Å²) < 4.78 is 50.8. The van der Waals surface area contributed by atoms with Gasteiger partial charge in [-0.2, -0.15) is 0 Å². The number of nitrogens with one attached hydrogen (secondary N) is 2. The normalized spacial score (nSPS) is 17.7. The SMILES string of the molecule is O=C(CCNS(=O)(=O)c1ccccc1)NCCN1CCCS1(=O)=O. The summed E-state index contributed by atoms with van der Waals surface area (Å²) in [5, 5.41) is 2.59. The predicted octanol–water partition coefficient (Wildman–Crippen LogP) is -0.493. The third-order valence-corrected chi connectivity index (χ3v) is 7.02. The number of hydrogen-bond acceptors (Lipinski definition) is 5. The molecular formula is C14H21N3O5S2. The van der Waals surface area contributed by atoms with Crippen molar-refractivity contribution in [3.63, 3.8) is 0 Å². The van der Waals surface area contributed by atoms with Crippen LogP contribution in [0.2, 0.25) is 0 Å². The molecule has 1 aromatic rings. The van der Waals surface area contributed by atoms with Crippen LogP contribution >= 0.6 is 0 Å². The molecule has 1 amide bonds. The van der Waals surface area contributed by atoms with E-state index in [1.54, 1.807) is 18.2 Å². The Kier molecular flexibility index (Phi) is 6.33. The van der Waals surface area contributed by atoms with Crippen LogP contribution in [0.15, 0.2) is 35.2 Å². The summed E-state index contributed by atoms with van der Waals surface area (Å²) >= 11 is 0. The van der Waals surface area contributed by atoms with E-state index in [0.717, 1.165) is 0 Å². The van der Waals surface area contributed by atoms with Gasteiger partial charge in [0.05, 0.1) is 10.6 Å². The van der Waals surface area contributed by atoms with Crippen LogP contribution in [0.1, 0.15) is 12.8 Å². The smallest absolute Gasteiger partial charge is 0.240 e. The first-order valence-electron chi connectivity index (χ1n) is 7.60. The van der Waals surface area contributed by atoms with Gasteiger partial charge in [0.15, 0.2) is 0 Å². The van der Waals surface area contributed by atoms with E-state index in [9.17, 15) is 21.6 Å². The average Bonchev–Trinajstić information content (AvgIpc) is 2.87. The Hall–Kier alpha value is -1.49. The van der Waals surface area contributed by atoms with Crippen molar-refractivity contribution >= 4 is 26.0 Å². The van der Waals surface area contributed by atoms with Gasteiger partial charge in [-0.25, -0.2) is 25.9 Å². The largest absolute Gasteiger partial charge is 0.355 e. The van der Waals surface area contributed by atoms with Gasteiger partial charge in [0.1, 0.15) is 0 Å². The number of carbonyl (C=O) groups is 1. The summed E-state index contributed by atoms with van der Waals surface area (Å²) in [6.07, 6.45) is 0.594. The lowest BCUT2D eigenvalue weighted by atomic mass is 10.4. The van der Waals surface area contributed by atoms with Crippen LogP contribution in [0.5, 0.6) is 0 Å². The highest BCUT2D eigenvalue weighted by atomic mass is 32.2. The van der Waals surface area contributed by atoms with Crippen LogP contribution in [0.4, 0.5) is 0 Å². The number of rotatable bonds is 8. The second-order valence-corrected chi connectivity index (χ2v) is 9.23. The molecule has 0 bridgehead atoms. The van der Waals surface area contributed by atoms with Gasteiger partial charge in [0.2, 0.25) is 26.0 Å². The molecular weight excluding hydrogens is 354 g/mol. The van der Waals surface area contributed by atoms with Crippen LogP contribution in [-0.4, -0.2) is 59.0 Å². The highest BCUT2D eigenvalue weighted by Crippen LogP contribution is 2.11. The molecule has 24 heavy (non-hydrogen) atoms. The molecule has 0 spiro atoms. The van der Waals surface area contributed by atoms with E-state index >= 15 is 0 Å². The minimum Gasteiger partial charge on any atom is -0.355 e. The average molecular weight is 375 g/mol.